The molecule has 0 unspecified atom stereocenters. The van der Waals surface area contributed by atoms with Crippen LogP contribution < -0.4 is 5.32 Å². The molecular weight excluding hydrogens is 342 g/mol. The van der Waals surface area contributed by atoms with Gasteiger partial charge in [-0.25, -0.2) is 9.97 Å². The number of thiazole rings is 2. The summed E-state index contributed by atoms with van der Waals surface area (Å²) in [4.78, 5) is 21.0. The fourth-order valence-corrected chi connectivity index (χ4v) is 3.84. The lowest BCUT2D eigenvalue weighted by Gasteiger charge is -1.99. The molecular formula is C17H13N3O2S2. The van der Waals surface area contributed by atoms with Gasteiger partial charge in [-0.2, -0.15) is 0 Å². The molecule has 0 aliphatic carbocycles. The van der Waals surface area contributed by atoms with E-state index >= 15 is 0 Å². The molecule has 5 nitrogen and oxygen atoms in total. The summed E-state index contributed by atoms with van der Waals surface area (Å²) >= 11 is 3.11. The van der Waals surface area contributed by atoms with Crippen LogP contribution in [0.3, 0.4) is 0 Å². The molecule has 3 aromatic heterocycles. The van der Waals surface area contributed by atoms with Gasteiger partial charge in [-0.15, -0.1) is 22.7 Å². The third-order valence-corrected chi connectivity index (χ3v) is 5.30. The summed E-state index contributed by atoms with van der Waals surface area (Å²) in [5.41, 5.74) is 1.78. The van der Waals surface area contributed by atoms with E-state index in [0.29, 0.717) is 12.3 Å². The number of benzene rings is 1. The molecule has 7 heteroatoms. The number of fused-ring (bicyclic) bond motifs is 1. The molecule has 0 bridgehead atoms. The van der Waals surface area contributed by atoms with Crippen molar-refractivity contribution >= 4 is 38.8 Å². The van der Waals surface area contributed by atoms with E-state index in [1.807, 2.05) is 36.6 Å². The summed E-state index contributed by atoms with van der Waals surface area (Å²) in [6.07, 6.45) is 0. The predicted molar refractivity (Wildman–Crippen MR) is 95.3 cm³/mol. The summed E-state index contributed by atoms with van der Waals surface area (Å²) in [5, 5.41) is 6.50. The molecule has 0 aliphatic rings. The lowest BCUT2D eigenvalue weighted by molar-refractivity contribution is 0.0923. The molecule has 4 aromatic rings. The van der Waals surface area contributed by atoms with E-state index in [2.05, 4.69) is 15.3 Å². The monoisotopic (exact) mass is 355 g/mol. The van der Waals surface area contributed by atoms with Gasteiger partial charge < -0.3 is 9.73 Å². The van der Waals surface area contributed by atoms with Gasteiger partial charge in [-0.3, -0.25) is 4.79 Å². The van der Waals surface area contributed by atoms with Gasteiger partial charge in [0, 0.05) is 5.38 Å². The summed E-state index contributed by atoms with van der Waals surface area (Å²) in [7, 11) is 0. The van der Waals surface area contributed by atoms with E-state index in [1.54, 1.807) is 34.8 Å². The Morgan fingerprint density at radius 1 is 1.21 bits per heavy atom. The first kappa shape index (κ1) is 15.0. The molecule has 0 atom stereocenters. The number of para-hydroxylation sites is 1. The van der Waals surface area contributed by atoms with Gasteiger partial charge in [0.15, 0.2) is 16.5 Å². The fraction of sp³-hybridized carbons (Fsp3) is 0.118. The number of rotatable bonds is 4. The van der Waals surface area contributed by atoms with E-state index in [9.17, 15) is 4.79 Å². The van der Waals surface area contributed by atoms with Crippen LogP contribution in [-0.4, -0.2) is 15.9 Å². The van der Waals surface area contributed by atoms with Crippen molar-refractivity contribution in [3.63, 3.8) is 0 Å². The third kappa shape index (κ3) is 2.95. The third-order valence-electron chi connectivity index (χ3n) is 3.43. The maximum absolute atomic E-state index is 12.2. The van der Waals surface area contributed by atoms with Crippen molar-refractivity contribution in [3.8, 4) is 10.8 Å². The normalized spacial score (nSPS) is 11.0. The van der Waals surface area contributed by atoms with Gasteiger partial charge in [0.25, 0.3) is 5.91 Å². The number of amides is 1. The Hall–Kier alpha value is -2.51. The Labute approximate surface area is 146 Å². The number of carbonyl (C=O) groups excluding carboxylic acids is 1. The number of nitrogens with zero attached hydrogens (tertiary/aromatic N) is 2. The van der Waals surface area contributed by atoms with Crippen molar-refractivity contribution in [2.75, 3.05) is 0 Å². The zero-order valence-corrected chi connectivity index (χ0v) is 14.4. The second-order valence-electron chi connectivity index (χ2n) is 5.19. The average Bonchev–Trinajstić information content (AvgIpc) is 3.31. The number of aryl methyl sites for hydroxylation is 1. The minimum Gasteiger partial charge on any atom is -0.448 e. The van der Waals surface area contributed by atoms with E-state index < -0.39 is 0 Å². The van der Waals surface area contributed by atoms with Gasteiger partial charge in [0.05, 0.1) is 27.5 Å². The average molecular weight is 355 g/mol. The molecule has 1 amide bonds. The fourth-order valence-electron chi connectivity index (χ4n) is 2.30. The molecule has 4 rings (SSSR count). The Morgan fingerprint density at radius 3 is 2.88 bits per heavy atom. The molecule has 0 saturated heterocycles. The van der Waals surface area contributed by atoms with Gasteiger partial charge in [-0.1, -0.05) is 12.1 Å². The molecule has 24 heavy (non-hydrogen) atoms. The lowest BCUT2D eigenvalue weighted by atomic mass is 10.3. The molecule has 0 saturated carbocycles. The number of hydrogen-bond acceptors (Lipinski definition) is 6. The zero-order chi connectivity index (χ0) is 16.5. The Bertz CT molecular complexity index is 983. The van der Waals surface area contributed by atoms with Crippen LogP contribution in [0.5, 0.6) is 0 Å². The molecule has 0 radical (unpaired) electrons. The Balaban J connectivity index is 1.50. The number of hydrogen-bond donors (Lipinski definition) is 1. The Kier molecular flexibility index (Phi) is 3.87. The van der Waals surface area contributed by atoms with Crippen LogP contribution in [0.4, 0.5) is 0 Å². The summed E-state index contributed by atoms with van der Waals surface area (Å²) < 4.78 is 6.76. The largest absolute Gasteiger partial charge is 0.448 e. The van der Waals surface area contributed by atoms with Crippen molar-refractivity contribution in [2.24, 2.45) is 0 Å². The molecule has 120 valence electrons. The van der Waals surface area contributed by atoms with Crippen LogP contribution in [0.2, 0.25) is 0 Å². The van der Waals surface area contributed by atoms with Crippen LogP contribution in [0.25, 0.3) is 21.0 Å². The number of nitrogens with one attached hydrogen (secondary N) is 1. The highest BCUT2D eigenvalue weighted by molar-refractivity contribution is 7.21. The topological polar surface area (TPSA) is 68.0 Å². The number of furan rings is 1. The van der Waals surface area contributed by atoms with Crippen molar-refractivity contribution in [1.82, 2.24) is 15.3 Å². The van der Waals surface area contributed by atoms with Gasteiger partial charge >= 0.3 is 0 Å². The van der Waals surface area contributed by atoms with E-state index in [1.165, 1.54) is 0 Å². The van der Waals surface area contributed by atoms with Crippen molar-refractivity contribution in [2.45, 2.75) is 13.5 Å². The van der Waals surface area contributed by atoms with Gasteiger partial charge in [0.1, 0.15) is 0 Å². The molecule has 1 N–H and O–H groups in total. The highest BCUT2D eigenvalue weighted by Gasteiger charge is 2.15. The van der Waals surface area contributed by atoms with Crippen molar-refractivity contribution in [1.29, 1.82) is 0 Å². The van der Waals surface area contributed by atoms with Crippen LogP contribution in [0.1, 0.15) is 21.3 Å². The lowest BCUT2D eigenvalue weighted by Crippen LogP contribution is -2.22. The minimum absolute atomic E-state index is 0.256. The zero-order valence-electron chi connectivity index (χ0n) is 12.8. The van der Waals surface area contributed by atoms with Crippen LogP contribution in [-0.2, 0) is 6.54 Å². The maximum Gasteiger partial charge on any atom is 0.287 e. The first-order valence-corrected chi connectivity index (χ1v) is 9.03. The molecule has 3 heterocycles. The molecule has 0 aliphatic heterocycles. The first-order valence-electron chi connectivity index (χ1n) is 7.34. The van der Waals surface area contributed by atoms with Crippen LogP contribution >= 0.6 is 22.7 Å². The maximum atomic E-state index is 12.2. The highest BCUT2D eigenvalue weighted by Crippen LogP contribution is 2.31. The minimum atomic E-state index is -0.256. The smallest absolute Gasteiger partial charge is 0.287 e. The summed E-state index contributed by atoms with van der Waals surface area (Å²) in [6.45, 7) is 2.33. The predicted octanol–water partition coefficient (Wildman–Crippen LogP) is 4.25. The standard InChI is InChI=1S/C17H13N3O2S2/c1-10-19-11(9-23-10)8-18-16(21)13-6-7-14(22-13)17-20-12-4-2-3-5-15(12)24-17/h2-7,9H,8H2,1H3,(H,18,21). The van der Waals surface area contributed by atoms with Gasteiger partial charge in [-0.05, 0) is 31.2 Å². The van der Waals surface area contributed by atoms with Crippen LogP contribution in [0.15, 0.2) is 46.2 Å². The quantitative estimate of drug-likeness (QED) is 0.594. The first-order chi connectivity index (χ1) is 11.7. The van der Waals surface area contributed by atoms with Crippen molar-refractivity contribution in [3.05, 3.63) is 58.2 Å². The molecule has 0 fully saturated rings. The SMILES string of the molecule is Cc1nc(CNC(=O)c2ccc(-c3nc4ccccc4s3)o2)cs1. The second kappa shape index (κ2) is 6.18. The number of carbonyl (C=O) groups is 1. The Morgan fingerprint density at radius 2 is 2.08 bits per heavy atom. The van der Waals surface area contributed by atoms with Gasteiger partial charge in [0.2, 0.25) is 0 Å². The molecule has 0 spiro atoms. The van der Waals surface area contributed by atoms with E-state index in [0.717, 1.165) is 25.9 Å². The highest BCUT2D eigenvalue weighted by atomic mass is 32.1. The second-order valence-corrected chi connectivity index (χ2v) is 7.28. The molecule has 1 aromatic carbocycles. The number of aromatic nitrogens is 2. The summed E-state index contributed by atoms with van der Waals surface area (Å²) in [5.74, 6) is 0.620. The summed E-state index contributed by atoms with van der Waals surface area (Å²) in [6, 6.07) is 11.4. The van der Waals surface area contributed by atoms with E-state index in [-0.39, 0.29) is 11.7 Å². The van der Waals surface area contributed by atoms with Crippen molar-refractivity contribution < 1.29 is 9.21 Å². The van der Waals surface area contributed by atoms with Crippen LogP contribution in [0, 0.1) is 6.92 Å². The van der Waals surface area contributed by atoms with E-state index in [4.69, 9.17) is 4.42 Å².